The van der Waals surface area contributed by atoms with Crippen LogP contribution < -0.4 is 10.2 Å². The molecule has 2 fully saturated rings. The second-order valence-corrected chi connectivity index (χ2v) is 9.55. The Balaban J connectivity index is 1.36. The van der Waals surface area contributed by atoms with Crippen LogP contribution in [0.25, 0.3) is 0 Å². The first-order valence-corrected chi connectivity index (χ1v) is 12.1. The quantitative estimate of drug-likeness (QED) is 0.513. The summed E-state index contributed by atoms with van der Waals surface area (Å²) in [6.45, 7) is 4.00. The first-order valence-electron chi connectivity index (χ1n) is 11.8. The third-order valence-corrected chi connectivity index (χ3v) is 6.92. The number of rotatable bonds is 8. The van der Waals surface area contributed by atoms with Crippen LogP contribution in [0.5, 0.6) is 0 Å². The number of nitriles is 1. The first kappa shape index (κ1) is 25.6. The van der Waals surface area contributed by atoms with Crippen molar-refractivity contribution < 1.29 is 18.0 Å². The third-order valence-electron chi connectivity index (χ3n) is 6.71. The second-order valence-electron chi connectivity index (χ2n) is 9.11. The lowest BCUT2D eigenvalue weighted by Crippen LogP contribution is -2.47. The molecule has 9 heteroatoms. The van der Waals surface area contributed by atoms with Gasteiger partial charge in [-0.3, -0.25) is 9.69 Å². The molecule has 0 unspecified atom stereocenters. The molecular formula is C24H32ClF3N4O. The van der Waals surface area contributed by atoms with Crippen LogP contribution in [0.15, 0.2) is 18.2 Å². The Morgan fingerprint density at radius 2 is 1.82 bits per heavy atom. The zero-order valence-electron chi connectivity index (χ0n) is 18.8. The molecule has 0 bridgehead atoms. The number of carbonyl (C=O) groups excluding carboxylic acids is 1. The first-order chi connectivity index (χ1) is 15.7. The van der Waals surface area contributed by atoms with Gasteiger partial charge in [0.25, 0.3) is 0 Å². The van der Waals surface area contributed by atoms with Gasteiger partial charge in [0.1, 0.15) is 0 Å². The summed E-state index contributed by atoms with van der Waals surface area (Å²) in [5.41, 5.74) is -0.177. The van der Waals surface area contributed by atoms with Crippen molar-refractivity contribution in [3.8, 4) is 6.07 Å². The molecule has 1 aliphatic carbocycles. The standard InChI is InChI=1S/C24H32ClF3N4O/c25-20-15-19(24(26,27)28)16-22(17-20)32-13-11-31(12-14-32)10-8-18-4-6-21(7-5-18)30-23(33)3-1-2-9-29/h15-18,21H,1-8,10-14H2,(H,30,33)/t18-,21-. The molecule has 1 amide bonds. The number of hydrogen-bond donors (Lipinski definition) is 1. The SMILES string of the molecule is N#CCCCC(=O)N[C@H]1CC[C@H](CCN2CCN(c3cc(Cl)cc(C(F)(F)F)c3)CC2)CC1. The molecule has 1 aliphatic heterocycles. The lowest BCUT2D eigenvalue weighted by atomic mass is 9.84. The van der Waals surface area contributed by atoms with E-state index in [2.05, 4.69) is 16.3 Å². The fraction of sp³-hybridized carbons (Fsp3) is 0.667. The highest BCUT2D eigenvalue weighted by molar-refractivity contribution is 6.31. The van der Waals surface area contributed by atoms with E-state index in [0.717, 1.165) is 57.8 Å². The largest absolute Gasteiger partial charge is 0.416 e. The predicted molar refractivity (Wildman–Crippen MR) is 123 cm³/mol. The summed E-state index contributed by atoms with van der Waals surface area (Å²) in [5.74, 6) is 0.700. The molecule has 182 valence electrons. The normalized spacial score (nSPS) is 22.1. The summed E-state index contributed by atoms with van der Waals surface area (Å²) in [4.78, 5) is 16.3. The van der Waals surface area contributed by atoms with Gasteiger partial charge < -0.3 is 10.2 Å². The van der Waals surface area contributed by atoms with Crippen LogP contribution in [0.4, 0.5) is 18.9 Å². The van der Waals surface area contributed by atoms with Gasteiger partial charge >= 0.3 is 6.18 Å². The van der Waals surface area contributed by atoms with Crippen molar-refractivity contribution in [3.05, 3.63) is 28.8 Å². The molecule has 0 spiro atoms. The summed E-state index contributed by atoms with van der Waals surface area (Å²) in [6, 6.07) is 6.07. The van der Waals surface area contributed by atoms with Crippen LogP contribution >= 0.6 is 11.6 Å². The molecule has 1 aromatic rings. The maximum atomic E-state index is 13.1. The highest BCUT2D eigenvalue weighted by Crippen LogP contribution is 2.34. The van der Waals surface area contributed by atoms with Crippen molar-refractivity contribution >= 4 is 23.2 Å². The molecule has 1 heterocycles. The zero-order valence-corrected chi connectivity index (χ0v) is 19.6. The third kappa shape index (κ3) is 8.08. The van der Waals surface area contributed by atoms with Crippen LogP contribution in [0.3, 0.4) is 0 Å². The van der Waals surface area contributed by atoms with Crippen molar-refractivity contribution in [1.29, 1.82) is 5.26 Å². The van der Waals surface area contributed by atoms with Gasteiger partial charge in [-0.1, -0.05) is 11.6 Å². The van der Waals surface area contributed by atoms with Gasteiger partial charge in [-0.15, -0.1) is 0 Å². The number of carbonyl (C=O) groups is 1. The van der Waals surface area contributed by atoms with E-state index in [-0.39, 0.29) is 17.0 Å². The number of amides is 1. The lowest BCUT2D eigenvalue weighted by Gasteiger charge is -2.37. The van der Waals surface area contributed by atoms with Gasteiger partial charge in [0.15, 0.2) is 0 Å². The van der Waals surface area contributed by atoms with Gasteiger partial charge in [0.2, 0.25) is 5.91 Å². The van der Waals surface area contributed by atoms with E-state index in [4.69, 9.17) is 16.9 Å². The maximum Gasteiger partial charge on any atom is 0.416 e. The molecule has 1 saturated heterocycles. The number of unbranched alkanes of at least 4 members (excludes halogenated alkanes) is 1. The maximum absolute atomic E-state index is 13.1. The molecular weight excluding hydrogens is 453 g/mol. The van der Waals surface area contributed by atoms with Crippen molar-refractivity contribution in [2.75, 3.05) is 37.6 Å². The van der Waals surface area contributed by atoms with Crippen LogP contribution in [0.1, 0.15) is 56.9 Å². The van der Waals surface area contributed by atoms with E-state index in [1.54, 1.807) is 6.07 Å². The van der Waals surface area contributed by atoms with Crippen molar-refractivity contribution in [3.63, 3.8) is 0 Å². The summed E-state index contributed by atoms with van der Waals surface area (Å²) in [7, 11) is 0. The Bertz CT molecular complexity index is 826. The van der Waals surface area contributed by atoms with E-state index in [1.807, 2.05) is 4.90 Å². The van der Waals surface area contributed by atoms with Gasteiger partial charge in [0.05, 0.1) is 11.6 Å². The number of hydrogen-bond acceptors (Lipinski definition) is 4. The average molecular weight is 485 g/mol. The van der Waals surface area contributed by atoms with Crippen LogP contribution in [-0.2, 0) is 11.0 Å². The van der Waals surface area contributed by atoms with E-state index in [0.29, 0.717) is 44.0 Å². The second kappa shape index (κ2) is 11.9. The highest BCUT2D eigenvalue weighted by atomic mass is 35.5. The summed E-state index contributed by atoms with van der Waals surface area (Å²) in [5, 5.41) is 11.8. The Labute approximate surface area is 198 Å². The fourth-order valence-corrected chi connectivity index (χ4v) is 4.97. The van der Waals surface area contributed by atoms with Crippen molar-refractivity contribution in [2.24, 2.45) is 5.92 Å². The Hall–Kier alpha value is -1.98. The number of halogens is 4. The summed E-state index contributed by atoms with van der Waals surface area (Å²) in [6.07, 6.45) is 2.37. The van der Waals surface area contributed by atoms with Gasteiger partial charge in [0, 0.05) is 55.8 Å². The number of nitrogens with one attached hydrogen (secondary N) is 1. The summed E-state index contributed by atoms with van der Waals surface area (Å²) < 4.78 is 39.3. The Morgan fingerprint density at radius 3 is 2.45 bits per heavy atom. The van der Waals surface area contributed by atoms with Gasteiger partial charge in [-0.05, 0) is 69.2 Å². The predicted octanol–water partition coefficient (Wildman–Crippen LogP) is 5.24. The molecule has 0 atom stereocenters. The topological polar surface area (TPSA) is 59.4 Å². The molecule has 2 aliphatic rings. The zero-order chi connectivity index (χ0) is 23.8. The van der Waals surface area contributed by atoms with Crippen LogP contribution in [0, 0.1) is 17.2 Å². The average Bonchev–Trinajstić information content (AvgIpc) is 2.78. The molecule has 0 aromatic heterocycles. The molecule has 3 rings (SSSR count). The molecule has 1 aromatic carbocycles. The monoisotopic (exact) mass is 484 g/mol. The minimum atomic E-state index is -4.40. The molecule has 1 N–H and O–H groups in total. The molecule has 33 heavy (non-hydrogen) atoms. The lowest BCUT2D eigenvalue weighted by molar-refractivity contribution is -0.137. The summed E-state index contributed by atoms with van der Waals surface area (Å²) >= 11 is 5.93. The number of piperazine rings is 1. The minimum Gasteiger partial charge on any atom is -0.369 e. The highest BCUT2D eigenvalue weighted by Gasteiger charge is 2.32. The Kier molecular flexibility index (Phi) is 9.27. The molecule has 0 radical (unpaired) electrons. The smallest absolute Gasteiger partial charge is 0.369 e. The molecule has 5 nitrogen and oxygen atoms in total. The fourth-order valence-electron chi connectivity index (χ4n) is 4.74. The van der Waals surface area contributed by atoms with Gasteiger partial charge in [-0.2, -0.15) is 18.4 Å². The van der Waals surface area contributed by atoms with Crippen LogP contribution in [0.2, 0.25) is 5.02 Å². The number of benzene rings is 1. The van der Waals surface area contributed by atoms with Crippen LogP contribution in [-0.4, -0.2) is 49.6 Å². The van der Waals surface area contributed by atoms with Gasteiger partial charge in [-0.25, -0.2) is 0 Å². The van der Waals surface area contributed by atoms with E-state index >= 15 is 0 Å². The van der Waals surface area contributed by atoms with E-state index < -0.39 is 11.7 Å². The Morgan fingerprint density at radius 1 is 1.12 bits per heavy atom. The number of alkyl halides is 3. The van der Waals surface area contributed by atoms with E-state index in [9.17, 15) is 18.0 Å². The van der Waals surface area contributed by atoms with Crippen molar-refractivity contribution in [1.82, 2.24) is 10.2 Å². The minimum absolute atomic E-state index is 0.0497. The van der Waals surface area contributed by atoms with E-state index in [1.165, 1.54) is 6.07 Å². The number of anilines is 1. The number of nitrogens with zero attached hydrogens (tertiary/aromatic N) is 3. The molecule has 1 saturated carbocycles. The van der Waals surface area contributed by atoms with Crippen molar-refractivity contribution in [2.45, 2.75) is 63.6 Å².